The van der Waals surface area contributed by atoms with E-state index in [1.54, 1.807) is 6.08 Å². The minimum absolute atomic E-state index is 0.521. The van der Waals surface area contributed by atoms with Crippen molar-refractivity contribution in [1.82, 2.24) is 0 Å². The standard InChI is InChI=1S/C25H43NO/c1-2-3-4-5-7-10-22-12-14-24(15-13-22)21-27-25-18-16-23(17-19-25)11-8-6-9-20-26/h6,9,22-25H,2-5,7-8,10-19,21H2,1H3/b9-6+/t22-,23-,24-,25-. The van der Waals surface area contributed by atoms with Gasteiger partial charge in [-0.2, -0.15) is 5.26 Å². The fourth-order valence-electron chi connectivity index (χ4n) is 5.05. The third kappa shape index (κ3) is 9.79. The summed E-state index contributed by atoms with van der Waals surface area (Å²) in [7, 11) is 0. The van der Waals surface area contributed by atoms with Crippen LogP contribution in [0.4, 0.5) is 0 Å². The topological polar surface area (TPSA) is 33.0 Å². The van der Waals surface area contributed by atoms with Crippen LogP contribution in [0, 0.1) is 29.1 Å². The summed E-state index contributed by atoms with van der Waals surface area (Å²) in [5, 5.41) is 8.53. The van der Waals surface area contributed by atoms with Crippen molar-refractivity contribution in [2.45, 2.75) is 116 Å². The molecule has 0 saturated heterocycles. The normalized spacial score (nSPS) is 29.0. The van der Waals surface area contributed by atoms with Gasteiger partial charge < -0.3 is 4.74 Å². The molecule has 2 saturated carbocycles. The summed E-state index contributed by atoms with van der Waals surface area (Å²) < 4.78 is 6.32. The zero-order valence-corrected chi connectivity index (χ0v) is 17.8. The van der Waals surface area contributed by atoms with Gasteiger partial charge in [-0.3, -0.25) is 0 Å². The third-order valence-corrected chi connectivity index (χ3v) is 6.98. The Kier molecular flexibility index (Phi) is 11.8. The van der Waals surface area contributed by atoms with E-state index in [1.807, 2.05) is 6.08 Å². The Labute approximate surface area is 168 Å². The quantitative estimate of drug-likeness (QED) is 0.261. The monoisotopic (exact) mass is 373 g/mol. The first kappa shape index (κ1) is 22.5. The van der Waals surface area contributed by atoms with Crippen LogP contribution in [0.3, 0.4) is 0 Å². The molecule has 0 N–H and O–H groups in total. The van der Waals surface area contributed by atoms with Gasteiger partial charge in [0.05, 0.1) is 12.2 Å². The molecule has 154 valence electrons. The van der Waals surface area contributed by atoms with Crippen molar-refractivity contribution in [1.29, 1.82) is 5.26 Å². The molecule has 2 fully saturated rings. The first-order chi connectivity index (χ1) is 13.3. The Balaban J connectivity index is 1.47. The van der Waals surface area contributed by atoms with Crippen molar-refractivity contribution in [2.75, 3.05) is 6.61 Å². The summed E-state index contributed by atoms with van der Waals surface area (Å²) in [6, 6.07) is 2.08. The van der Waals surface area contributed by atoms with Crippen LogP contribution in [0.1, 0.15) is 110 Å². The second-order valence-corrected chi connectivity index (χ2v) is 9.17. The zero-order chi connectivity index (χ0) is 19.2. The van der Waals surface area contributed by atoms with Gasteiger partial charge in [-0.1, -0.05) is 64.4 Å². The van der Waals surface area contributed by atoms with Gasteiger partial charge in [-0.25, -0.2) is 0 Å². The molecular weight excluding hydrogens is 330 g/mol. The maximum Gasteiger partial charge on any atom is 0.0908 e. The lowest BCUT2D eigenvalue weighted by molar-refractivity contribution is -0.0102. The van der Waals surface area contributed by atoms with Crippen LogP contribution in [0.5, 0.6) is 0 Å². The molecule has 0 amide bonds. The van der Waals surface area contributed by atoms with E-state index < -0.39 is 0 Å². The SMILES string of the molecule is CCCCCCC[C@H]1CC[C@H](CO[C@H]2CC[C@H](CC/C=C/C#N)CC2)CC1. The maximum atomic E-state index is 8.53. The van der Waals surface area contributed by atoms with E-state index in [4.69, 9.17) is 10.00 Å². The van der Waals surface area contributed by atoms with E-state index in [0.29, 0.717) is 6.10 Å². The molecule has 0 aliphatic heterocycles. The van der Waals surface area contributed by atoms with E-state index in [2.05, 4.69) is 13.0 Å². The molecule has 0 spiro atoms. The molecule has 2 rings (SSSR count). The van der Waals surface area contributed by atoms with E-state index in [1.165, 1.54) is 96.3 Å². The Morgan fingerprint density at radius 3 is 2.15 bits per heavy atom. The van der Waals surface area contributed by atoms with Crippen LogP contribution in [-0.2, 0) is 4.74 Å². The number of ether oxygens (including phenoxy) is 1. The van der Waals surface area contributed by atoms with Gasteiger partial charge in [0, 0.05) is 12.7 Å². The van der Waals surface area contributed by atoms with Crippen LogP contribution in [-0.4, -0.2) is 12.7 Å². The van der Waals surface area contributed by atoms with Crippen molar-refractivity contribution in [2.24, 2.45) is 17.8 Å². The molecule has 27 heavy (non-hydrogen) atoms. The Hall–Kier alpha value is -0.810. The molecule has 2 heteroatoms. The van der Waals surface area contributed by atoms with Crippen LogP contribution >= 0.6 is 0 Å². The van der Waals surface area contributed by atoms with Gasteiger partial charge in [-0.05, 0) is 69.1 Å². The highest BCUT2D eigenvalue weighted by Gasteiger charge is 2.24. The molecule has 2 aliphatic carbocycles. The first-order valence-corrected chi connectivity index (χ1v) is 12.0. The summed E-state index contributed by atoms with van der Waals surface area (Å²) in [4.78, 5) is 0. The lowest BCUT2D eigenvalue weighted by Gasteiger charge is -2.32. The molecule has 0 atom stereocenters. The van der Waals surface area contributed by atoms with Crippen molar-refractivity contribution in [3.8, 4) is 6.07 Å². The third-order valence-electron chi connectivity index (χ3n) is 6.98. The van der Waals surface area contributed by atoms with Crippen LogP contribution in [0.15, 0.2) is 12.2 Å². The Morgan fingerprint density at radius 2 is 1.44 bits per heavy atom. The Morgan fingerprint density at radius 1 is 0.815 bits per heavy atom. The van der Waals surface area contributed by atoms with Crippen molar-refractivity contribution >= 4 is 0 Å². The molecule has 0 aromatic rings. The number of rotatable bonds is 12. The van der Waals surface area contributed by atoms with Crippen molar-refractivity contribution in [3.63, 3.8) is 0 Å². The van der Waals surface area contributed by atoms with Crippen LogP contribution in [0.2, 0.25) is 0 Å². The molecular formula is C25H43NO. The van der Waals surface area contributed by atoms with Gasteiger partial charge >= 0.3 is 0 Å². The smallest absolute Gasteiger partial charge is 0.0908 e. The Bertz CT molecular complexity index is 422. The van der Waals surface area contributed by atoms with E-state index in [0.717, 1.165) is 30.8 Å². The summed E-state index contributed by atoms with van der Waals surface area (Å²) >= 11 is 0. The van der Waals surface area contributed by atoms with Crippen LogP contribution in [0.25, 0.3) is 0 Å². The molecule has 0 unspecified atom stereocenters. The minimum Gasteiger partial charge on any atom is -0.378 e. The van der Waals surface area contributed by atoms with Gasteiger partial charge in [0.2, 0.25) is 0 Å². The summed E-state index contributed by atoms with van der Waals surface area (Å²) in [6.07, 6.45) is 25.9. The van der Waals surface area contributed by atoms with Gasteiger partial charge in [0.15, 0.2) is 0 Å². The average molecular weight is 374 g/mol. The predicted octanol–water partition coefficient (Wildman–Crippen LogP) is 7.59. The molecule has 0 aromatic heterocycles. The highest BCUT2D eigenvalue weighted by Crippen LogP contribution is 2.34. The number of nitrogens with zero attached hydrogens (tertiary/aromatic N) is 1. The number of hydrogen-bond acceptors (Lipinski definition) is 2. The first-order valence-electron chi connectivity index (χ1n) is 12.0. The molecule has 0 aromatic carbocycles. The molecule has 0 heterocycles. The minimum atomic E-state index is 0.521. The molecule has 2 aliphatic rings. The van der Waals surface area contributed by atoms with Gasteiger partial charge in [0.1, 0.15) is 0 Å². The van der Waals surface area contributed by atoms with E-state index in [9.17, 15) is 0 Å². The number of hydrogen-bond donors (Lipinski definition) is 0. The fourth-order valence-corrected chi connectivity index (χ4v) is 5.05. The van der Waals surface area contributed by atoms with Crippen molar-refractivity contribution < 1.29 is 4.74 Å². The lowest BCUT2D eigenvalue weighted by atomic mass is 9.80. The molecule has 0 radical (unpaired) electrons. The van der Waals surface area contributed by atoms with Gasteiger partial charge in [-0.15, -0.1) is 0 Å². The number of unbranched alkanes of at least 4 members (excludes halogenated alkanes) is 4. The summed E-state index contributed by atoms with van der Waals surface area (Å²) in [5.41, 5.74) is 0. The van der Waals surface area contributed by atoms with E-state index in [-0.39, 0.29) is 0 Å². The fraction of sp³-hybridized carbons (Fsp3) is 0.880. The summed E-state index contributed by atoms with van der Waals surface area (Å²) in [6.45, 7) is 3.31. The number of allylic oxidation sites excluding steroid dienone is 2. The van der Waals surface area contributed by atoms with Gasteiger partial charge in [0.25, 0.3) is 0 Å². The second kappa shape index (κ2) is 14.2. The highest BCUT2D eigenvalue weighted by atomic mass is 16.5. The molecule has 2 nitrogen and oxygen atoms in total. The lowest BCUT2D eigenvalue weighted by Crippen LogP contribution is -2.26. The molecule has 0 bridgehead atoms. The maximum absolute atomic E-state index is 8.53. The van der Waals surface area contributed by atoms with Crippen LogP contribution < -0.4 is 0 Å². The number of nitriles is 1. The van der Waals surface area contributed by atoms with E-state index >= 15 is 0 Å². The zero-order valence-electron chi connectivity index (χ0n) is 17.8. The second-order valence-electron chi connectivity index (χ2n) is 9.17. The van der Waals surface area contributed by atoms with Crippen molar-refractivity contribution in [3.05, 3.63) is 12.2 Å². The predicted molar refractivity (Wildman–Crippen MR) is 115 cm³/mol. The average Bonchev–Trinajstić information content (AvgIpc) is 2.71. The highest BCUT2D eigenvalue weighted by molar-refractivity contribution is 5.01. The summed E-state index contributed by atoms with van der Waals surface area (Å²) in [5.74, 6) is 2.68. The largest absolute Gasteiger partial charge is 0.378 e.